The van der Waals surface area contributed by atoms with Crippen molar-refractivity contribution in [3.05, 3.63) is 0 Å². The van der Waals surface area contributed by atoms with Gasteiger partial charge in [-0.2, -0.15) is 0 Å². The van der Waals surface area contributed by atoms with Crippen molar-refractivity contribution >= 4 is 15.9 Å². The largest absolute Gasteiger partial charge is 0.299 e. The van der Waals surface area contributed by atoms with E-state index in [1.54, 1.807) is 0 Å². The molecule has 14 heavy (non-hydrogen) atoms. The molecule has 84 valence electrons. The maximum Gasteiger partial charge on any atom is 0.0218 e. The van der Waals surface area contributed by atoms with Gasteiger partial charge < -0.3 is 0 Å². The van der Waals surface area contributed by atoms with Crippen molar-refractivity contribution in [2.45, 2.75) is 46.1 Å². The molecule has 0 radical (unpaired) electrons. The van der Waals surface area contributed by atoms with Crippen molar-refractivity contribution in [1.82, 2.24) is 4.90 Å². The monoisotopic (exact) mass is 261 g/mol. The van der Waals surface area contributed by atoms with Gasteiger partial charge in [0.25, 0.3) is 0 Å². The van der Waals surface area contributed by atoms with Crippen LogP contribution < -0.4 is 0 Å². The second-order valence-corrected chi connectivity index (χ2v) is 5.71. The third kappa shape index (κ3) is 3.54. The first kappa shape index (κ1) is 12.5. The van der Waals surface area contributed by atoms with Gasteiger partial charge in [0.1, 0.15) is 0 Å². The van der Waals surface area contributed by atoms with Crippen LogP contribution in [-0.2, 0) is 0 Å². The van der Waals surface area contributed by atoms with Crippen LogP contribution in [0.2, 0.25) is 0 Å². The number of hydrogen-bond donors (Lipinski definition) is 0. The van der Waals surface area contributed by atoms with Gasteiger partial charge in [0.2, 0.25) is 0 Å². The van der Waals surface area contributed by atoms with E-state index in [1.165, 1.54) is 32.4 Å². The quantitative estimate of drug-likeness (QED) is 0.685. The molecule has 0 N–H and O–H groups in total. The molecule has 1 saturated heterocycles. The summed E-state index contributed by atoms with van der Waals surface area (Å²) in [6.07, 6.45) is 4.13. The van der Waals surface area contributed by atoms with E-state index >= 15 is 0 Å². The van der Waals surface area contributed by atoms with E-state index in [-0.39, 0.29) is 0 Å². The van der Waals surface area contributed by atoms with E-state index in [0.29, 0.717) is 0 Å². The first-order valence-electron chi connectivity index (χ1n) is 5.95. The lowest BCUT2D eigenvalue weighted by Crippen LogP contribution is -2.34. The average molecular weight is 262 g/mol. The zero-order valence-corrected chi connectivity index (χ0v) is 11.4. The fraction of sp³-hybridized carbons (Fsp3) is 1.00. The topological polar surface area (TPSA) is 3.24 Å². The molecule has 1 nitrogen and oxygen atoms in total. The molecule has 2 heteroatoms. The number of hydrogen-bond acceptors (Lipinski definition) is 1. The molecule has 1 heterocycles. The number of nitrogens with zero attached hydrogens (tertiary/aromatic N) is 1. The highest BCUT2D eigenvalue weighted by atomic mass is 79.9. The van der Waals surface area contributed by atoms with Crippen molar-refractivity contribution in [3.63, 3.8) is 0 Å². The lowest BCUT2D eigenvalue weighted by atomic mass is 10.0. The number of halogens is 1. The Hall–Kier alpha value is 0.440. The molecule has 2 unspecified atom stereocenters. The molecular formula is C12H24BrN. The third-order valence-corrected chi connectivity index (χ3v) is 4.05. The van der Waals surface area contributed by atoms with E-state index in [9.17, 15) is 0 Å². The summed E-state index contributed by atoms with van der Waals surface area (Å²) in [7, 11) is 0. The Morgan fingerprint density at radius 1 is 1.43 bits per heavy atom. The first-order chi connectivity index (χ1) is 6.65. The van der Waals surface area contributed by atoms with E-state index in [1.807, 2.05) is 0 Å². The molecule has 0 bridgehead atoms. The van der Waals surface area contributed by atoms with Crippen LogP contribution in [0.3, 0.4) is 0 Å². The van der Waals surface area contributed by atoms with Gasteiger partial charge >= 0.3 is 0 Å². The highest BCUT2D eigenvalue weighted by molar-refractivity contribution is 9.09. The van der Waals surface area contributed by atoms with Crippen LogP contribution in [0.4, 0.5) is 0 Å². The maximum atomic E-state index is 3.64. The van der Waals surface area contributed by atoms with Crippen LogP contribution in [-0.4, -0.2) is 29.4 Å². The molecule has 0 aromatic carbocycles. The summed E-state index contributed by atoms with van der Waals surface area (Å²) in [4.78, 5) is 2.67. The molecule has 0 saturated carbocycles. The summed E-state index contributed by atoms with van der Waals surface area (Å²) in [5.41, 5.74) is 0. The van der Waals surface area contributed by atoms with E-state index in [4.69, 9.17) is 0 Å². The lowest BCUT2D eigenvalue weighted by molar-refractivity contribution is 0.243. The van der Waals surface area contributed by atoms with Gasteiger partial charge in [-0.05, 0) is 44.2 Å². The fourth-order valence-corrected chi connectivity index (χ4v) is 3.37. The summed E-state index contributed by atoms with van der Waals surface area (Å²) in [5.74, 6) is 1.74. The van der Waals surface area contributed by atoms with Crippen LogP contribution in [0.15, 0.2) is 0 Å². The van der Waals surface area contributed by atoms with Gasteiger partial charge in [0.05, 0.1) is 0 Å². The summed E-state index contributed by atoms with van der Waals surface area (Å²) in [6.45, 7) is 9.63. The SMILES string of the molecule is CC(C)CCCN1CCC(C)C1CBr. The summed E-state index contributed by atoms with van der Waals surface area (Å²) < 4.78 is 0. The van der Waals surface area contributed by atoms with Crippen LogP contribution in [0.1, 0.15) is 40.0 Å². The minimum atomic E-state index is 0.794. The Labute approximate surface area is 97.4 Å². The van der Waals surface area contributed by atoms with Crippen LogP contribution in [0.5, 0.6) is 0 Å². The highest BCUT2D eigenvalue weighted by Crippen LogP contribution is 2.25. The molecule has 1 fully saturated rings. The van der Waals surface area contributed by atoms with Gasteiger partial charge in [0.15, 0.2) is 0 Å². The summed E-state index contributed by atoms with van der Waals surface area (Å²) in [6, 6.07) is 0.794. The number of alkyl halides is 1. The van der Waals surface area contributed by atoms with E-state index < -0.39 is 0 Å². The molecule has 0 spiro atoms. The third-order valence-electron chi connectivity index (χ3n) is 3.38. The molecule has 1 rings (SSSR count). The standard InChI is InChI=1S/C12H24BrN/c1-10(2)5-4-7-14-8-6-11(3)12(14)9-13/h10-12H,4-9H2,1-3H3. The van der Waals surface area contributed by atoms with Crippen LogP contribution in [0, 0.1) is 11.8 Å². The summed E-state index contributed by atoms with van der Waals surface area (Å²) in [5, 5.41) is 1.15. The molecule has 0 aromatic rings. The first-order valence-corrected chi connectivity index (χ1v) is 7.07. The maximum absolute atomic E-state index is 3.64. The van der Waals surface area contributed by atoms with Gasteiger partial charge in [-0.25, -0.2) is 0 Å². The normalized spacial score (nSPS) is 28.9. The van der Waals surface area contributed by atoms with Crippen molar-refractivity contribution < 1.29 is 0 Å². The van der Waals surface area contributed by atoms with Crippen LogP contribution >= 0.6 is 15.9 Å². The van der Waals surface area contributed by atoms with Crippen LogP contribution in [0.25, 0.3) is 0 Å². The highest BCUT2D eigenvalue weighted by Gasteiger charge is 2.29. The summed E-state index contributed by atoms with van der Waals surface area (Å²) >= 11 is 3.64. The molecule has 1 aliphatic rings. The number of likely N-dealkylation sites (tertiary alicyclic amines) is 1. The van der Waals surface area contributed by atoms with Crippen molar-refractivity contribution in [3.8, 4) is 0 Å². The molecule has 0 aromatic heterocycles. The Morgan fingerprint density at radius 3 is 2.71 bits per heavy atom. The van der Waals surface area contributed by atoms with Gasteiger partial charge in [0, 0.05) is 11.4 Å². The Bertz CT molecular complexity index is 158. The Morgan fingerprint density at radius 2 is 2.14 bits per heavy atom. The van der Waals surface area contributed by atoms with E-state index in [2.05, 4.69) is 41.6 Å². The van der Waals surface area contributed by atoms with Gasteiger partial charge in [-0.3, -0.25) is 4.90 Å². The zero-order valence-electron chi connectivity index (χ0n) is 9.80. The van der Waals surface area contributed by atoms with Crippen molar-refractivity contribution in [1.29, 1.82) is 0 Å². The predicted molar refractivity (Wildman–Crippen MR) is 67.0 cm³/mol. The van der Waals surface area contributed by atoms with Crippen molar-refractivity contribution in [2.24, 2.45) is 11.8 Å². The second kappa shape index (κ2) is 6.12. The molecule has 0 amide bonds. The van der Waals surface area contributed by atoms with Gasteiger partial charge in [-0.1, -0.05) is 36.7 Å². The average Bonchev–Trinajstić information content (AvgIpc) is 2.46. The molecule has 2 atom stereocenters. The molecular weight excluding hydrogens is 238 g/mol. The minimum Gasteiger partial charge on any atom is -0.299 e. The molecule has 0 aliphatic carbocycles. The Kier molecular flexibility index (Phi) is 5.47. The van der Waals surface area contributed by atoms with Gasteiger partial charge in [-0.15, -0.1) is 0 Å². The fourth-order valence-electron chi connectivity index (χ4n) is 2.32. The van der Waals surface area contributed by atoms with E-state index in [0.717, 1.165) is 23.2 Å². The minimum absolute atomic E-state index is 0.794. The van der Waals surface area contributed by atoms with Crippen molar-refractivity contribution in [2.75, 3.05) is 18.4 Å². The second-order valence-electron chi connectivity index (χ2n) is 5.06. The number of rotatable bonds is 5. The lowest BCUT2D eigenvalue weighted by Gasteiger charge is -2.25. The predicted octanol–water partition coefficient (Wildman–Crippen LogP) is 3.53. The molecule has 1 aliphatic heterocycles. The Balaban J connectivity index is 2.23. The zero-order chi connectivity index (χ0) is 10.6. The smallest absolute Gasteiger partial charge is 0.0218 e.